The summed E-state index contributed by atoms with van der Waals surface area (Å²) in [4.78, 5) is 14.0. The van der Waals surface area contributed by atoms with Gasteiger partial charge in [0.15, 0.2) is 0 Å². The lowest BCUT2D eigenvalue weighted by Gasteiger charge is -2.37. The Balaban J connectivity index is 1.39. The molecule has 172 valence electrons. The Labute approximate surface area is 200 Å². The number of rotatable bonds is 6. The molecule has 0 amide bonds. The summed E-state index contributed by atoms with van der Waals surface area (Å²) >= 11 is 0. The molecule has 0 saturated heterocycles. The van der Waals surface area contributed by atoms with E-state index in [9.17, 15) is 9.90 Å². The second-order valence-corrected chi connectivity index (χ2v) is 9.31. The highest BCUT2D eigenvalue weighted by Crippen LogP contribution is 2.36. The number of carbonyl (C=O) groups is 1. The van der Waals surface area contributed by atoms with E-state index in [1.807, 2.05) is 25.1 Å². The van der Waals surface area contributed by atoms with Crippen molar-refractivity contribution in [3.05, 3.63) is 107 Å². The Bertz CT molecular complexity index is 1340. The van der Waals surface area contributed by atoms with Crippen LogP contribution in [-0.2, 0) is 6.42 Å². The van der Waals surface area contributed by atoms with Crippen LogP contribution in [0.1, 0.15) is 40.0 Å². The first-order valence-corrected chi connectivity index (χ1v) is 11.9. The fourth-order valence-corrected chi connectivity index (χ4v) is 5.15. The zero-order chi connectivity index (χ0) is 23.7. The van der Waals surface area contributed by atoms with Crippen molar-refractivity contribution >= 4 is 28.1 Å². The van der Waals surface area contributed by atoms with Crippen LogP contribution < -0.4 is 10.2 Å². The number of benzene rings is 4. The minimum absolute atomic E-state index is 0.231. The largest absolute Gasteiger partial charge is 0.478 e. The van der Waals surface area contributed by atoms with Crippen LogP contribution in [-0.4, -0.2) is 24.2 Å². The Morgan fingerprint density at radius 2 is 1.79 bits per heavy atom. The SMILES string of the molecule is Cc1ccc(N2C[C@H](CN[C@H](C)c3cccc4ccccc34)Cc3ccccc32)cc1C(=O)O. The maximum Gasteiger partial charge on any atom is 0.336 e. The molecule has 0 aliphatic carbocycles. The summed E-state index contributed by atoms with van der Waals surface area (Å²) in [6.45, 7) is 5.80. The van der Waals surface area contributed by atoms with Crippen LogP contribution in [0, 0.1) is 12.8 Å². The number of aromatic carboxylic acids is 1. The summed E-state index contributed by atoms with van der Waals surface area (Å²) in [5.41, 5.74) is 5.86. The van der Waals surface area contributed by atoms with Gasteiger partial charge in [-0.15, -0.1) is 0 Å². The van der Waals surface area contributed by atoms with Gasteiger partial charge in [0.05, 0.1) is 5.56 Å². The number of anilines is 2. The van der Waals surface area contributed by atoms with Crippen molar-refractivity contribution in [2.45, 2.75) is 26.3 Å². The van der Waals surface area contributed by atoms with Crippen LogP contribution in [0.25, 0.3) is 10.8 Å². The Kier molecular flexibility index (Phi) is 6.08. The fraction of sp³-hybridized carbons (Fsp3) is 0.233. The summed E-state index contributed by atoms with van der Waals surface area (Å²) in [6, 6.07) is 29.5. The van der Waals surface area contributed by atoms with Crippen molar-refractivity contribution in [3.8, 4) is 0 Å². The third-order valence-electron chi connectivity index (χ3n) is 7.00. The normalized spacial score (nSPS) is 16.3. The van der Waals surface area contributed by atoms with Gasteiger partial charge >= 0.3 is 5.97 Å². The first kappa shape index (κ1) is 22.2. The maximum absolute atomic E-state index is 11.7. The van der Waals surface area contributed by atoms with Crippen LogP contribution in [0.15, 0.2) is 84.9 Å². The first-order chi connectivity index (χ1) is 16.5. The van der Waals surface area contributed by atoms with Gasteiger partial charge in [0, 0.05) is 30.5 Å². The van der Waals surface area contributed by atoms with Gasteiger partial charge in [0.2, 0.25) is 0 Å². The van der Waals surface area contributed by atoms with Gasteiger partial charge in [-0.05, 0) is 71.8 Å². The molecular formula is C30H30N2O2. The van der Waals surface area contributed by atoms with Crippen LogP contribution in [0.4, 0.5) is 11.4 Å². The highest BCUT2D eigenvalue weighted by molar-refractivity contribution is 5.91. The number of carboxylic acids is 1. The van der Waals surface area contributed by atoms with E-state index in [0.29, 0.717) is 11.5 Å². The van der Waals surface area contributed by atoms with Gasteiger partial charge in [0.25, 0.3) is 0 Å². The zero-order valence-electron chi connectivity index (χ0n) is 19.7. The highest BCUT2D eigenvalue weighted by Gasteiger charge is 2.26. The lowest BCUT2D eigenvalue weighted by molar-refractivity contribution is 0.0696. The van der Waals surface area contributed by atoms with E-state index in [-0.39, 0.29) is 6.04 Å². The molecule has 0 radical (unpaired) electrons. The highest BCUT2D eigenvalue weighted by atomic mass is 16.4. The fourth-order valence-electron chi connectivity index (χ4n) is 5.15. The number of nitrogens with zero attached hydrogens (tertiary/aromatic N) is 1. The Morgan fingerprint density at radius 3 is 2.65 bits per heavy atom. The molecule has 0 aromatic heterocycles. The number of carboxylic acid groups (broad SMARTS) is 1. The predicted molar refractivity (Wildman–Crippen MR) is 139 cm³/mol. The van der Waals surface area contributed by atoms with E-state index in [2.05, 4.69) is 83.9 Å². The zero-order valence-corrected chi connectivity index (χ0v) is 19.7. The lowest BCUT2D eigenvalue weighted by Crippen LogP contribution is -2.38. The Hall–Kier alpha value is -3.63. The topological polar surface area (TPSA) is 52.6 Å². The van der Waals surface area contributed by atoms with E-state index < -0.39 is 5.97 Å². The maximum atomic E-state index is 11.7. The molecule has 5 rings (SSSR count). The van der Waals surface area contributed by atoms with Gasteiger partial charge < -0.3 is 15.3 Å². The number of aryl methyl sites for hydroxylation is 1. The molecule has 4 aromatic rings. The van der Waals surface area contributed by atoms with E-state index in [4.69, 9.17) is 0 Å². The molecule has 1 aliphatic heterocycles. The summed E-state index contributed by atoms with van der Waals surface area (Å²) in [5.74, 6) is -0.478. The van der Waals surface area contributed by atoms with Crippen LogP contribution in [0.3, 0.4) is 0 Å². The summed E-state index contributed by atoms with van der Waals surface area (Å²) in [5, 5.41) is 16.0. The second-order valence-electron chi connectivity index (χ2n) is 9.31. The van der Waals surface area contributed by atoms with E-state index in [1.54, 1.807) is 0 Å². The van der Waals surface area contributed by atoms with Crippen LogP contribution >= 0.6 is 0 Å². The van der Waals surface area contributed by atoms with E-state index in [1.165, 1.54) is 27.6 Å². The van der Waals surface area contributed by atoms with Crippen molar-refractivity contribution in [1.82, 2.24) is 5.32 Å². The van der Waals surface area contributed by atoms with Crippen molar-refractivity contribution < 1.29 is 9.90 Å². The molecule has 4 heteroatoms. The average Bonchev–Trinajstić information content (AvgIpc) is 2.86. The number of hydrogen-bond donors (Lipinski definition) is 2. The number of para-hydroxylation sites is 1. The quantitative estimate of drug-likeness (QED) is 0.352. The van der Waals surface area contributed by atoms with E-state index in [0.717, 1.165) is 30.8 Å². The van der Waals surface area contributed by atoms with Gasteiger partial charge in [0.1, 0.15) is 0 Å². The Morgan fingerprint density at radius 1 is 1.03 bits per heavy atom. The molecule has 4 nitrogen and oxygen atoms in total. The summed E-state index contributed by atoms with van der Waals surface area (Å²) in [6.07, 6.45) is 1.000. The van der Waals surface area contributed by atoms with Crippen molar-refractivity contribution in [3.63, 3.8) is 0 Å². The second kappa shape index (κ2) is 9.32. The van der Waals surface area contributed by atoms with Gasteiger partial charge in [-0.1, -0.05) is 66.7 Å². The van der Waals surface area contributed by atoms with Gasteiger partial charge in [-0.25, -0.2) is 4.79 Å². The smallest absolute Gasteiger partial charge is 0.336 e. The molecule has 0 saturated carbocycles. The van der Waals surface area contributed by atoms with Crippen molar-refractivity contribution in [1.29, 1.82) is 0 Å². The molecule has 0 fully saturated rings. The molecule has 34 heavy (non-hydrogen) atoms. The summed E-state index contributed by atoms with van der Waals surface area (Å²) in [7, 11) is 0. The van der Waals surface area contributed by atoms with Crippen LogP contribution in [0.5, 0.6) is 0 Å². The minimum atomic E-state index is -0.883. The average molecular weight is 451 g/mol. The molecule has 1 heterocycles. The number of fused-ring (bicyclic) bond motifs is 2. The third kappa shape index (κ3) is 4.29. The predicted octanol–water partition coefficient (Wildman–Crippen LogP) is 6.51. The van der Waals surface area contributed by atoms with Gasteiger partial charge in [-0.2, -0.15) is 0 Å². The standard InChI is InChI=1S/C30H30N2O2/c1-20-14-15-25(17-28(20)30(33)34)32-19-22(16-24-9-4-6-13-29(24)32)18-31-21(2)26-12-7-10-23-8-3-5-11-27(23)26/h3-15,17,21-22,31H,16,18-19H2,1-2H3,(H,33,34)/t21-,22+/m1/s1. The molecule has 0 bridgehead atoms. The van der Waals surface area contributed by atoms with Crippen molar-refractivity contribution in [2.75, 3.05) is 18.0 Å². The number of nitrogens with one attached hydrogen (secondary N) is 1. The number of hydrogen-bond acceptors (Lipinski definition) is 3. The molecule has 2 N–H and O–H groups in total. The monoisotopic (exact) mass is 450 g/mol. The third-order valence-corrected chi connectivity index (χ3v) is 7.00. The van der Waals surface area contributed by atoms with E-state index >= 15 is 0 Å². The lowest BCUT2D eigenvalue weighted by atomic mass is 9.91. The van der Waals surface area contributed by atoms with Crippen molar-refractivity contribution in [2.24, 2.45) is 5.92 Å². The minimum Gasteiger partial charge on any atom is -0.478 e. The molecule has 2 atom stereocenters. The molecule has 1 aliphatic rings. The first-order valence-electron chi connectivity index (χ1n) is 11.9. The molecular weight excluding hydrogens is 420 g/mol. The molecule has 4 aromatic carbocycles. The van der Waals surface area contributed by atoms with Crippen LogP contribution in [0.2, 0.25) is 0 Å². The van der Waals surface area contributed by atoms with Gasteiger partial charge in [-0.3, -0.25) is 0 Å². The molecule has 0 spiro atoms. The summed E-state index contributed by atoms with van der Waals surface area (Å²) < 4.78 is 0. The molecule has 0 unspecified atom stereocenters.